The summed E-state index contributed by atoms with van der Waals surface area (Å²) >= 11 is 0. The van der Waals surface area contributed by atoms with Gasteiger partial charge in [-0.3, -0.25) is 14.4 Å². The van der Waals surface area contributed by atoms with Crippen LogP contribution in [-0.2, 0) is 7.05 Å². The van der Waals surface area contributed by atoms with Crippen molar-refractivity contribution in [2.45, 2.75) is 6.92 Å². The van der Waals surface area contributed by atoms with Gasteiger partial charge in [-0.05, 0) is 42.3 Å². The molecule has 3 aromatic heterocycles. The zero-order valence-corrected chi connectivity index (χ0v) is 19.9. The van der Waals surface area contributed by atoms with Gasteiger partial charge in [0, 0.05) is 49.5 Å². The molecular weight excluding hydrogens is 458 g/mol. The van der Waals surface area contributed by atoms with E-state index in [2.05, 4.69) is 15.6 Å². The maximum absolute atomic E-state index is 13.1. The molecule has 0 saturated carbocycles. The van der Waals surface area contributed by atoms with Gasteiger partial charge in [0.25, 0.3) is 17.4 Å². The topological polar surface area (TPSA) is 111 Å². The Labute approximate surface area is 206 Å². The molecule has 0 aliphatic heterocycles. The minimum absolute atomic E-state index is 0.183. The lowest BCUT2D eigenvalue weighted by molar-refractivity contribution is 0.0961. The van der Waals surface area contributed by atoms with E-state index < -0.39 is 0 Å². The molecule has 0 bridgehead atoms. The van der Waals surface area contributed by atoms with E-state index in [0.717, 1.165) is 16.7 Å². The number of nitrogens with zero attached hydrogens (tertiary/aromatic N) is 3. The molecule has 2 N–H and O–H groups in total. The van der Waals surface area contributed by atoms with E-state index in [4.69, 9.17) is 4.52 Å². The number of hydrogen-bond donors (Lipinski definition) is 2. The highest BCUT2D eigenvalue weighted by Gasteiger charge is 2.17. The maximum atomic E-state index is 13.1. The molecule has 0 unspecified atom stereocenters. The zero-order chi connectivity index (χ0) is 25.4. The highest BCUT2D eigenvalue weighted by Crippen LogP contribution is 2.28. The van der Waals surface area contributed by atoms with E-state index >= 15 is 0 Å². The molecule has 0 radical (unpaired) electrons. The second-order valence-corrected chi connectivity index (χ2v) is 8.31. The summed E-state index contributed by atoms with van der Waals surface area (Å²) in [6, 6.07) is 16.2. The second kappa shape index (κ2) is 9.03. The van der Waals surface area contributed by atoms with Crippen LogP contribution < -0.4 is 16.2 Å². The van der Waals surface area contributed by atoms with Crippen LogP contribution >= 0.6 is 0 Å². The maximum Gasteiger partial charge on any atom is 0.290 e. The highest BCUT2D eigenvalue weighted by molar-refractivity contribution is 6.08. The first-order chi connectivity index (χ1) is 17.4. The second-order valence-electron chi connectivity index (χ2n) is 8.31. The van der Waals surface area contributed by atoms with Crippen LogP contribution in [0.5, 0.6) is 0 Å². The summed E-state index contributed by atoms with van der Waals surface area (Å²) < 4.78 is 8.44. The van der Waals surface area contributed by atoms with Gasteiger partial charge < -0.3 is 19.6 Å². The van der Waals surface area contributed by atoms with Crippen LogP contribution in [0.3, 0.4) is 0 Å². The van der Waals surface area contributed by atoms with E-state index in [1.165, 1.54) is 4.74 Å². The van der Waals surface area contributed by atoms with Crippen LogP contribution in [0.15, 0.2) is 82.5 Å². The van der Waals surface area contributed by atoms with Gasteiger partial charge >= 0.3 is 0 Å². The highest BCUT2D eigenvalue weighted by atomic mass is 16.5. The molecule has 0 fully saturated rings. The van der Waals surface area contributed by atoms with Gasteiger partial charge in [0.05, 0.1) is 11.1 Å². The van der Waals surface area contributed by atoms with Crippen molar-refractivity contribution in [1.29, 1.82) is 0 Å². The number of carbonyl (C=O) groups is 2. The van der Waals surface area contributed by atoms with Crippen LogP contribution in [0.25, 0.3) is 27.8 Å². The largest absolute Gasteiger partial charge is 0.381 e. The number of aryl methyl sites for hydroxylation is 2. The minimum atomic E-state index is -0.388. The number of aromatic nitrogens is 3. The number of anilines is 1. The molecule has 2 amide bonds. The summed E-state index contributed by atoms with van der Waals surface area (Å²) in [5, 5.41) is 5.39. The first-order valence-corrected chi connectivity index (χ1v) is 11.2. The summed E-state index contributed by atoms with van der Waals surface area (Å²) in [7, 11) is 3.13. The molecular formula is C27H23N5O4. The summed E-state index contributed by atoms with van der Waals surface area (Å²) in [5.74, 6) is -0.0646. The van der Waals surface area contributed by atoms with Crippen molar-refractivity contribution in [3.8, 4) is 22.3 Å². The fourth-order valence-corrected chi connectivity index (χ4v) is 4.20. The van der Waals surface area contributed by atoms with Crippen molar-refractivity contribution < 1.29 is 14.1 Å². The molecule has 9 heteroatoms. The number of fused-ring (bicyclic) bond motifs is 1. The summed E-state index contributed by atoms with van der Waals surface area (Å²) in [5.41, 5.74) is 4.76. The van der Waals surface area contributed by atoms with Gasteiger partial charge in [-0.2, -0.15) is 4.74 Å². The molecule has 0 aliphatic rings. The van der Waals surface area contributed by atoms with Crippen molar-refractivity contribution in [1.82, 2.24) is 19.4 Å². The minimum Gasteiger partial charge on any atom is -0.381 e. The lowest BCUT2D eigenvalue weighted by atomic mass is 10.0. The average molecular weight is 482 g/mol. The third-order valence-corrected chi connectivity index (χ3v) is 5.98. The number of carbonyl (C=O) groups excluding carboxylic acids is 2. The number of rotatable bonds is 5. The Morgan fingerprint density at radius 2 is 1.72 bits per heavy atom. The van der Waals surface area contributed by atoms with Crippen LogP contribution in [0.1, 0.15) is 26.6 Å². The monoisotopic (exact) mass is 481 g/mol. The number of amides is 2. The van der Waals surface area contributed by atoms with Gasteiger partial charge in [-0.15, -0.1) is 0 Å². The molecule has 36 heavy (non-hydrogen) atoms. The molecule has 3 heterocycles. The fraction of sp³-hybridized carbons (Fsp3) is 0.111. The zero-order valence-electron chi connectivity index (χ0n) is 19.9. The van der Waals surface area contributed by atoms with Crippen LogP contribution in [0, 0.1) is 6.92 Å². The number of hydrogen-bond acceptors (Lipinski definition) is 5. The Morgan fingerprint density at radius 3 is 2.42 bits per heavy atom. The molecule has 5 aromatic rings. The molecule has 0 atom stereocenters. The van der Waals surface area contributed by atoms with Crippen molar-refractivity contribution in [2.24, 2.45) is 7.05 Å². The predicted molar refractivity (Wildman–Crippen MR) is 136 cm³/mol. The van der Waals surface area contributed by atoms with Gasteiger partial charge in [0.1, 0.15) is 5.76 Å². The van der Waals surface area contributed by atoms with Gasteiger partial charge in [-0.1, -0.05) is 30.3 Å². The van der Waals surface area contributed by atoms with Crippen molar-refractivity contribution in [3.05, 3.63) is 101 Å². The molecule has 180 valence electrons. The number of benzene rings is 2. The van der Waals surface area contributed by atoms with Crippen molar-refractivity contribution >= 4 is 23.0 Å². The summed E-state index contributed by atoms with van der Waals surface area (Å²) in [6.07, 6.45) is 5.25. The third-order valence-electron chi connectivity index (χ3n) is 5.98. The fourth-order valence-electron chi connectivity index (χ4n) is 4.20. The lowest BCUT2D eigenvalue weighted by Gasteiger charge is -2.07. The average Bonchev–Trinajstić information content (AvgIpc) is 3.43. The number of nitrogens with one attached hydrogen (secondary N) is 2. The molecule has 9 nitrogen and oxygen atoms in total. The van der Waals surface area contributed by atoms with Crippen molar-refractivity contribution in [3.63, 3.8) is 0 Å². The Morgan fingerprint density at radius 1 is 0.972 bits per heavy atom. The molecule has 0 saturated heterocycles. The Hall–Kier alpha value is -4.92. The molecule has 0 spiro atoms. The standard InChI is InChI=1S/C27H23N5O4/c1-16-23(27(35)31(3)36-16)18-9-7-17(8-10-18)20-14-22-24(29-11-12-32(22)15-20)26(34)30-21-6-4-5-19(13-21)25(33)28-2/h4-15H,1-3H3,(H,28,33)(H,30,34). The van der Waals surface area contributed by atoms with Gasteiger partial charge in [0.15, 0.2) is 5.69 Å². The van der Waals surface area contributed by atoms with Crippen molar-refractivity contribution in [2.75, 3.05) is 12.4 Å². The summed E-state index contributed by atoms with van der Waals surface area (Å²) in [4.78, 5) is 41.6. The molecule has 5 rings (SSSR count). The van der Waals surface area contributed by atoms with E-state index in [1.807, 2.05) is 40.9 Å². The first-order valence-electron chi connectivity index (χ1n) is 11.2. The molecule has 0 aliphatic carbocycles. The summed E-state index contributed by atoms with van der Waals surface area (Å²) in [6.45, 7) is 1.76. The Bertz CT molecular complexity index is 1670. The van der Waals surface area contributed by atoms with Crippen LogP contribution in [-0.4, -0.2) is 33.0 Å². The normalized spacial score (nSPS) is 11.0. The Kier molecular flexibility index (Phi) is 5.73. The molecule has 2 aromatic carbocycles. The third kappa shape index (κ3) is 4.07. The van der Waals surface area contributed by atoms with E-state index in [1.54, 1.807) is 57.7 Å². The quantitative estimate of drug-likeness (QED) is 0.396. The van der Waals surface area contributed by atoms with Gasteiger partial charge in [0.2, 0.25) is 0 Å². The Balaban J connectivity index is 1.44. The van der Waals surface area contributed by atoms with E-state index in [0.29, 0.717) is 28.1 Å². The predicted octanol–water partition coefficient (Wildman–Crippen LogP) is 3.88. The smallest absolute Gasteiger partial charge is 0.290 e. The van der Waals surface area contributed by atoms with Gasteiger partial charge in [-0.25, -0.2) is 4.98 Å². The first kappa shape index (κ1) is 22.9. The van der Waals surface area contributed by atoms with Crippen LogP contribution in [0.2, 0.25) is 0 Å². The van der Waals surface area contributed by atoms with E-state index in [9.17, 15) is 14.4 Å². The SMILES string of the molecule is CNC(=O)c1cccc(NC(=O)c2nccn3cc(-c4ccc(-c5c(C)on(C)c5=O)cc4)cc23)c1. The van der Waals surface area contributed by atoms with E-state index in [-0.39, 0.29) is 23.1 Å². The van der Waals surface area contributed by atoms with Crippen LogP contribution in [0.4, 0.5) is 5.69 Å². The lowest BCUT2D eigenvalue weighted by Crippen LogP contribution is -2.19.